The molecule has 0 unspecified atom stereocenters. The van der Waals surface area contributed by atoms with Gasteiger partial charge in [-0.3, -0.25) is 4.79 Å². The number of furan rings is 1. The van der Waals surface area contributed by atoms with Crippen molar-refractivity contribution in [3.8, 4) is 11.6 Å². The van der Waals surface area contributed by atoms with E-state index in [1.54, 1.807) is 12.3 Å². The molecule has 1 atom stereocenters. The molecule has 0 saturated carbocycles. The topological polar surface area (TPSA) is 73.0 Å². The number of hydrogen-bond donors (Lipinski definition) is 1. The molecule has 1 amide bonds. The summed E-state index contributed by atoms with van der Waals surface area (Å²) in [6.45, 7) is 1.83. The van der Waals surface area contributed by atoms with Gasteiger partial charge in [0, 0.05) is 17.2 Å². The van der Waals surface area contributed by atoms with E-state index in [1.165, 1.54) is 11.8 Å². The van der Waals surface area contributed by atoms with Gasteiger partial charge in [0.05, 0.1) is 11.5 Å². The quantitative estimate of drug-likeness (QED) is 0.649. The van der Waals surface area contributed by atoms with Gasteiger partial charge in [-0.05, 0) is 37.3 Å². The Morgan fingerprint density at radius 2 is 2.17 bits per heavy atom. The fraction of sp³-hybridized carbons (Fsp3) is 0.188. The molecule has 0 aliphatic heterocycles. The lowest BCUT2D eigenvalue weighted by atomic mass is 10.3. The van der Waals surface area contributed by atoms with Crippen molar-refractivity contribution in [1.82, 2.24) is 14.8 Å². The van der Waals surface area contributed by atoms with Crippen LogP contribution in [-0.4, -0.2) is 25.9 Å². The van der Waals surface area contributed by atoms with E-state index in [4.69, 9.17) is 4.42 Å². The summed E-state index contributed by atoms with van der Waals surface area (Å²) in [5.41, 5.74) is 0.746. The van der Waals surface area contributed by atoms with E-state index in [9.17, 15) is 4.79 Å². The first-order chi connectivity index (χ1) is 11.5. The largest absolute Gasteiger partial charge is 0.461 e. The molecule has 0 aliphatic rings. The number of nitrogens with zero attached hydrogens (tertiary/aromatic N) is 3. The molecule has 8 heteroatoms. The lowest BCUT2D eigenvalue weighted by molar-refractivity contribution is -0.115. The van der Waals surface area contributed by atoms with Crippen LogP contribution in [0.25, 0.3) is 11.6 Å². The Kier molecular flexibility index (Phi) is 5.06. The molecular formula is C16H15BrN4O2S. The molecule has 0 bridgehead atoms. The average molecular weight is 407 g/mol. The van der Waals surface area contributed by atoms with Crippen LogP contribution in [-0.2, 0) is 11.8 Å². The second-order valence-electron chi connectivity index (χ2n) is 5.10. The number of amides is 1. The summed E-state index contributed by atoms with van der Waals surface area (Å²) >= 11 is 4.73. The van der Waals surface area contributed by atoms with Gasteiger partial charge in [-0.2, -0.15) is 0 Å². The van der Waals surface area contributed by atoms with Crippen LogP contribution in [0.15, 0.2) is 56.7 Å². The van der Waals surface area contributed by atoms with Gasteiger partial charge in [0.25, 0.3) is 0 Å². The Morgan fingerprint density at radius 3 is 2.88 bits per heavy atom. The Hall–Kier alpha value is -2.06. The molecule has 0 radical (unpaired) electrons. The highest BCUT2D eigenvalue weighted by molar-refractivity contribution is 9.10. The SMILES string of the molecule is C[C@H](Sc1nnc(-c2ccco2)n1C)C(=O)Nc1cccc(Br)c1. The first kappa shape index (κ1) is 16.8. The van der Waals surface area contributed by atoms with Crippen LogP contribution in [0.2, 0.25) is 0 Å². The fourth-order valence-electron chi connectivity index (χ4n) is 2.06. The van der Waals surface area contributed by atoms with Crippen LogP contribution in [0, 0.1) is 0 Å². The fourth-order valence-corrected chi connectivity index (χ4v) is 3.27. The summed E-state index contributed by atoms with van der Waals surface area (Å²) in [6, 6.07) is 11.1. The molecule has 24 heavy (non-hydrogen) atoms. The highest BCUT2D eigenvalue weighted by atomic mass is 79.9. The standard InChI is InChI=1S/C16H15BrN4O2S/c1-10(15(22)18-12-6-3-5-11(17)9-12)24-16-20-19-14(21(16)2)13-7-4-8-23-13/h3-10H,1-2H3,(H,18,22)/t10-/m0/s1. The minimum atomic E-state index is -0.323. The first-order valence-corrected chi connectivity index (χ1v) is 8.88. The van der Waals surface area contributed by atoms with E-state index in [-0.39, 0.29) is 11.2 Å². The molecule has 2 aromatic heterocycles. The van der Waals surface area contributed by atoms with Crippen LogP contribution in [0.5, 0.6) is 0 Å². The van der Waals surface area contributed by atoms with Crippen molar-refractivity contribution in [3.63, 3.8) is 0 Å². The van der Waals surface area contributed by atoms with E-state index in [0.717, 1.165) is 10.2 Å². The van der Waals surface area contributed by atoms with Gasteiger partial charge in [0.2, 0.25) is 5.91 Å². The van der Waals surface area contributed by atoms with Crippen LogP contribution >= 0.6 is 27.7 Å². The van der Waals surface area contributed by atoms with Crippen molar-refractivity contribution < 1.29 is 9.21 Å². The van der Waals surface area contributed by atoms with Crippen molar-refractivity contribution in [1.29, 1.82) is 0 Å². The van der Waals surface area contributed by atoms with Gasteiger partial charge in [-0.1, -0.05) is 33.8 Å². The third-order valence-electron chi connectivity index (χ3n) is 3.32. The smallest absolute Gasteiger partial charge is 0.237 e. The monoisotopic (exact) mass is 406 g/mol. The van der Waals surface area contributed by atoms with Gasteiger partial charge in [-0.25, -0.2) is 0 Å². The van der Waals surface area contributed by atoms with Gasteiger partial charge < -0.3 is 14.3 Å². The zero-order chi connectivity index (χ0) is 17.1. The van der Waals surface area contributed by atoms with Crippen LogP contribution in [0.1, 0.15) is 6.92 Å². The minimum absolute atomic E-state index is 0.0966. The number of benzene rings is 1. The lowest BCUT2D eigenvalue weighted by Gasteiger charge is -2.11. The van der Waals surface area contributed by atoms with Crippen molar-refractivity contribution in [2.24, 2.45) is 7.05 Å². The Balaban J connectivity index is 1.68. The summed E-state index contributed by atoms with van der Waals surface area (Å²) in [7, 11) is 1.85. The van der Waals surface area contributed by atoms with Crippen molar-refractivity contribution in [2.75, 3.05) is 5.32 Å². The molecule has 3 aromatic rings. The third kappa shape index (κ3) is 3.70. The number of thioether (sulfide) groups is 1. The summed E-state index contributed by atoms with van der Waals surface area (Å²) < 4.78 is 8.07. The maximum atomic E-state index is 12.4. The molecule has 1 N–H and O–H groups in total. The molecule has 0 aliphatic carbocycles. The Morgan fingerprint density at radius 1 is 1.33 bits per heavy atom. The van der Waals surface area contributed by atoms with Crippen molar-refractivity contribution in [2.45, 2.75) is 17.3 Å². The normalized spacial score (nSPS) is 12.1. The van der Waals surface area contributed by atoms with Crippen molar-refractivity contribution in [3.05, 3.63) is 47.1 Å². The van der Waals surface area contributed by atoms with Gasteiger partial charge in [0.15, 0.2) is 16.7 Å². The van der Waals surface area contributed by atoms with Crippen LogP contribution in [0.4, 0.5) is 5.69 Å². The van der Waals surface area contributed by atoms with Crippen molar-refractivity contribution >= 4 is 39.3 Å². The number of carbonyl (C=O) groups is 1. The summed E-state index contributed by atoms with van der Waals surface area (Å²) in [6.07, 6.45) is 1.59. The van der Waals surface area contributed by atoms with E-state index in [2.05, 4.69) is 31.4 Å². The second-order valence-corrected chi connectivity index (χ2v) is 7.33. The van der Waals surface area contributed by atoms with Gasteiger partial charge in [0.1, 0.15) is 0 Å². The lowest BCUT2D eigenvalue weighted by Crippen LogP contribution is -2.22. The summed E-state index contributed by atoms with van der Waals surface area (Å²) in [5.74, 6) is 1.17. The number of anilines is 1. The summed E-state index contributed by atoms with van der Waals surface area (Å²) in [4.78, 5) is 12.4. The highest BCUT2D eigenvalue weighted by Gasteiger charge is 2.20. The van der Waals surface area contributed by atoms with E-state index >= 15 is 0 Å². The minimum Gasteiger partial charge on any atom is -0.461 e. The average Bonchev–Trinajstić information content (AvgIpc) is 3.18. The third-order valence-corrected chi connectivity index (χ3v) is 4.95. The van der Waals surface area contributed by atoms with Gasteiger partial charge in [-0.15, -0.1) is 10.2 Å². The predicted octanol–water partition coefficient (Wildman–Crippen LogP) is 3.96. The number of aromatic nitrogens is 3. The number of rotatable bonds is 5. The molecule has 0 saturated heterocycles. The molecule has 3 rings (SSSR count). The summed E-state index contributed by atoms with van der Waals surface area (Å²) in [5, 5.41) is 11.5. The van der Waals surface area contributed by atoms with E-state index < -0.39 is 0 Å². The molecule has 1 aromatic carbocycles. The van der Waals surface area contributed by atoms with E-state index in [0.29, 0.717) is 16.7 Å². The molecule has 0 fully saturated rings. The molecular weight excluding hydrogens is 392 g/mol. The Labute approximate surface area is 151 Å². The number of nitrogens with one attached hydrogen (secondary N) is 1. The molecule has 0 spiro atoms. The number of hydrogen-bond acceptors (Lipinski definition) is 5. The first-order valence-electron chi connectivity index (χ1n) is 7.21. The number of carbonyl (C=O) groups excluding carboxylic acids is 1. The highest BCUT2D eigenvalue weighted by Crippen LogP contribution is 2.26. The molecule has 2 heterocycles. The second kappa shape index (κ2) is 7.23. The molecule has 6 nitrogen and oxygen atoms in total. The zero-order valence-electron chi connectivity index (χ0n) is 13.1. The van der Waals surface area contributed by atoms with Crippen LogP contribution in [0.3, 0.4) is 0 Å². The zero-order valence-corrected chi connectivity index (χ0v) is 15.5. The Bertz CT molecular complexity index is 848. The van der Waals surface area contributed by atoms with Crippen LogP contribution < -0.4 is 5.32 Å². The maximum Gasteiger partial charge on any atom is 0.237 e. The van der Waals surface area contributed by atoms with Gasteiger partial charge >= 0.3 is 0 Å². The number of halogens is 1. The van der Waals surface area contributed by atoms with E-state index in [1.807, 2.05) is 48.9 Å². The maximum absolute atomic E-state index is 12.4. The predicted molar refractivity (Wildman–Crippen MR) is 96.8 cm³/mol. The molecule has 124 valence electrons.